The van der Waals surface area contributed by atoms with Crippen molar-refractivity contribution in [2.75, 3.05) is 13.2 Å². The smallest absolute Gasteiger partial charge is 0.305 e. The minimum atomic E-state index is -0.681. The second-order valence-electron chi connectivity index (χ2n) is 20.4. The zero-order valence-corrected chi connectivity index (χ0v) is 45.3. The molecular weight excluding hydrogens is 839 g/mol. The second kappa shape index (κ2) is 57.4. The molecule has 1 amide bonds. The van der Waals surface area contributed by atoms with Gasteiger partial charge in [0.25, 0.3) is 0 Å². The Morgan fingerprint density at radius 3 is 1.25 bits per heavy atom. The van der Waals surface area contributed by atoms with Crippen molar-refractivity contribution in [2.24, 2.45) is 0 Å². The third kappa shape index (κ3) is 53.2. The molecule has 0 rings (SSSR count). The first kappa shape index (κ1) is 65.8. The quantitative estimate of drug-likeness (QED) is 0.0244. The van der Waals surface area contributed by atoms with Crippen LogP contribution in [0, 0.1) is 0 Å². The normalized spacial score (nSPS) is 12.9. The van der Waals surface area contributed by atoms with Crippen LogP contribution >= 0.6 is 0 Å². The van der Waals surface area contributed by atoms with Crippen molar-refractivity contribution in [3.63, 3.8) is 0 Å². The Bertz CT molecular complexity index is 1150. The van der Waals surface area contributed by atoms with E-state index in [9.17, 15) is 19.8 Å². The van der Waals surface area contributed by atoms with Gasteiger partial charge in [-0.1, -0.05) is 262 Å². The molecule has 2 atom stereocenters. The number of unbranched alkanes of at least 4 members (excludes halogenated alkanes) is 37. The van der Waals surface area contributed by atoms with Crippen LogP contribution in [0.4, 0.5) is 0 Å². The number of carbonyl (C=O) groups is 2. The van der Waals surface area contributed by atoms with Crippen LogP contribution < -0.4 is 5.32 Å². The Morgan fingerprint density at radius 2 is 0.794 bits per heavy atom. The van der Waals surface area contributed by atoms with E-state index in [2.05, 4.69) is 67.8 Å². The Kier molecular flexibility index (Phi) is 55.6. The average Bonchev–Trinajstić information content (AvgIpc) is 3.34. The van der Waals surface area contributed by atoms with Gasteiger partial charge in [0.2, 0.25) is 5.91 Å². The van der Waals surface area contributed by atoms with Crippen LogP contribution in [0.25, 0.3) is 0 Å². The Balaban J connectivity index is 3.52. The molecule has 0 aliphatic rings. The summed E-state index contributed by atoms with van der Waals surface area (Å²) < 4.78 is 5.44. The fourth-order valence-corrected chi connectivity index (χ4v) is 9.00. The van der Waals surface area contributed by atoms with Gasteiger partial charge >= 0.3 is 5.97 Å². The van der Waals surface area contributed by atoms with Crippen molar-refractivity contribution < 1.29 is 24.5 Å². The number of carbonyl (C=O) groups excluding carboxylic acids is 2. The summed E-state index contributed by atoms with van der Waals surface area (Å²) in [6.45, 7) is 4.86. The summed E-state index contributed by atoms with van der Waals surface area (Å²) in [5.41, 5.74) is 0. The summed E-state index contributed by atoms with van der Waals surface area (Å²) in [6, 6.07) is -0.561. The lowest BCUT2D eigenvalue weighted by Gasteiger charge is -2.22. The number of ether oxygens (including phenoxy) is 1. The molecule has 0 saturated heterocycles. The SMILES string of the molecule is CCCC/C=C\C/C=C\CCCCCCCC(=O)OCCCCC/C=C\C=C/CCCCCCCCC(=O)NC(CO)C(O)CCCCCCCCCCCCCCCCCCCCCCCC. The van der Waals surface area contributed by atoms with Crippen LogP contribution in [0.2, 0.25) is 0 Å². The molecule has 0 spiro atoms. The summed E-state index contributed by atoms with van der Waals surface area (Å²) in [5, 5.41) is 23.3. The Labute approximate surface area is 423 Å². The fourth-order valence-electron chi connectivity index (χ4n) is 9.00. The monoisotopic (exact) mass is 954 g/mol. The standard InChI is InChI=1S/C62H115NO5/c1-3-5-7-9-11-13-15-17-19-20-21-22-23-24-25-27-30-34-38-42-46-50-54-60(65)59(58-64)63-61(66)55-51-47-43-39-35-31-28-26-29-33-37-41-45-49-53-57-68-62(67)56-52-48-44-40-36-32-18-16-14-12-10-8-6-4-2/h10,12,16,18,26,29,33,37,59-60,64-65H,3-9,11,13-15,17,19-25,27-28,30-32,34-36,38-58H2,1-2H3,(H,63,66)/b12-10-,18-16-,29-26-,37-33-. The summed E-state index contributed by atoms with van der Waals surface area (Å²) in [6.07, 6.45) is 72.5. The number of hydrogen-bond acceptors (Lipinski definition) is 5. The number of aliphatic hydroxyl groups excluding tert-OH is 2. The van der Waals surface area contributed by atoms with Crippen LogP contribution in [0.1, 0.15) is 309 Å². The molecule has 68 heavy (non-hydrogen) atoms. The summed E-state index contributed by atoms with van der Waals surface area (Å²) in [7, 11) is 0. The van der Waals surface area contributed by atoms with E-state index in [0.29, 0.717) is 25.9 Å². The molecule has 0 aromatic rings. The van der Waals surface area contributed by atoms with Crippen molar-refractivity contribution in [2.45, 2.75) is 321 Å². The van der Waals surface area contributed by atoms with Crippen LogP contribution in [0.5, 0.6) is 0 Å². The van der Waals surface area contributed by atoms with E-state index in [1.54, 1.807) is 0 Å². The molecule has 0 aromatic carbocycles. The molecule has 6 nitrogen and oxygen atoms in total. The summed E-state index contributed by atoms with van der Waals surface area (Å²) in [5.74, 6) is -0.0925. The van der Waals surface area contributed by atoms with Crippen molar-refractivity contribution in [1.82, 2.24) is 5.32 Å². The van der Waals surface area contributed by atoms with E-state index in [4.69, 9.17) is 4.74 Å². The second-order valence-corrected chi connectivity index (χ2v) is 20.4. The van der Waals surface area contributed by atoms with Crippen molar-refractivity contribution in [3.8, 4) is 0 Å². The van der Waals surface area contributed by atoms with E-state index in [1.807, 2.05) is 0 Å². The minimum absolute atomic E-state index is 0.0362. The van der Waals surface area contributed by atoms with E-state index in [1.165, 1.54) is 186 Å². The van der Waals surface area contributed by atoms with Gasteiger partial charge in [-0.3, -0.25) is 9.59 Å². The first-order valence-electron chi connectivity index (χ1n) is 29.9. The predicted molar refractivity (Wildman–Crippen MR) is 296 cm³/mol. The van der Waals surface area contributed by atoms with E-state index < -0.39 is 12.1 Å². The van der Waals surface area contributed by atoms with Crippen molar-refractivity contribution >= 4 is 11.9 Å². The molecule has 0 bridgehead atoms. The molecule has 3 N–H and O–H groups in total. The Morgan fingerprint density at radius 1 is 0.426 bits per heavy atom. The largest absolute Gasteiger partial charge is 0.466 e. The van der Waals surface area contributed by atoms with Gasteiger partial charge in [0.1, 0.15) is 0 Å². The van der Waals surface area contributed by atoms with Crippen molar-refractivity contribution in [3.05, 3.63) is 48.6 Å². The molecule has 398 valence electrons. The molecule has 0 heterocycles. The minimum Gasteiger partial charge on any atom is -0.466 e. The number of esters is 1. The highest BCUT2D eigenvalue weighted by molar-refractivity contribution is 5.76. The molecule has 2 unspecified atom stereocenters. The number of allylic oxidation sites excluding steroid dienone is 8. The number of rotatable bonds is 55. The lowest BCUT2D eigenvalue weighted by atomic mass is 10.0. The van der Waals surface area contributed by atoms with Gasteiger partial charge in [-0.2, -0.15) is 0 Å². The molecule has 0 aliphatic carbocycles. The maximum Gasteiger partial charge on any atom is 0.305 e. The van der Waals surface area contributed by atoms with E-state index >= 15 is 0 Å². The first-order valence-corrected chi connectivity index (χ1v) is 29.9. The first-order chi connectivity index (χ1) is 33.5. The van der Waals surface area contributed by atoms with Gasteiger partial charge in [-0.05, 0) is 83.5 Å². The van der Waals surface area contributed by atoms with Gasteiger partial charge in [0, 0.05) is 12.8 Å². The van der Waals surface area contributed by atoms with Crippen molar-refractivity contribution in [1.29, 1.82) is 0 Å². The molecule has 0 aliphatic heterocycles. The highest BCUT2D eigenvalue weighted by Crippen LogP contribution is 2.17. The van der Waals surface area contributed by atoms with Crippen LogP contribution in [-0.4, -0.2) is 47.4 Å². The van der Waals surface area contributed by atoms with Gasteiger partial charge in [0.05, 0.1) is 25.4 Å². The summed E-state index contributed by atoms with van der Waals surface area (Å²) >= 11 is 0. The van der Waals surface area contributed by atoms with Gasteiger partial charge < -0.3 is 20.3 Å². The number of aliphatic hydroxyl groups is 2. The fraction of sp³-hybridized carbons (Fsp3) is 0.839. The number of nitrogens with one attached hydrogen (secondary N) is 1. The average molecular weight is 955 g/mol. The lowest BCUT2D eigenvalue weighted by Crippen LogP contribution is -2.45. The third-order valence-corrected chi connectivity index (χ3v) is 13.6. The number of amides is 1. The van der Waals surface area contributed by atoms with E-state index in [0.717, 1.165) is 89.9 Å². The maximum atomic E-state index is 12.5. The van der Waals surface area contributed by atoms with Gasteiger partial charge in [0.15, 0.2) is 0 Å². The highest BCUT2D eigenvalue weighted by Gasteiger charge is 2.20. The topological polar surface area (TPSA) is 95.9 Å². The molecule has 0 aromatic heterocycles. The van der Waals surface area contributed by atoms with Gasteiger partial charge in [-0.15, -0.1) is 0 Å². The molecule has 0 radical (unpaired) electrons. The molecule has 6 heteroatoms. The Hall–Kier alpha value is -2.18. The highest BCUT2D eigenvalue weighted by atomic mass is 16.5. The zero-order valence-electron chi connectivity index (χ0n) is 45.3. The molecular formula is C62H115NO5. The summed E-state index contributed by atoms with van der Waals surface area (Å²) in [4.78, 5) is 24.5. The van der Waals surface area contributed by atoms with Gasteiger partial charge in [-0.25, -0.2) is 0 Å². The lowest BCUT2D eigenvalue weighted by molar-refractivity contribution is -0.143. The van der Waals surface area contributed by atoms with Crippen LogP contribution in [0.15, 0.2) is 48.6 Å². The predicted octanol–water partition coefficient (Wildman–Crippen LogP) is 18.6. The molecule has 0 saturated carbocycles. The van der Waals surface area contributed by atoms with Crippen LogP contribution in [0.3, 0.4) is 0 Å². The molecule has 0 fully saturated rings. The third-order valence-electron chi connectivity index (χ3n) is 13.6. The van der Waals surface area contributed by atoms with Crippen LogP contribution in [-0.2, 0) is 14.3 Å². The van der Waals surface area contributed by atoms with E-state index in [-0.39, 0.29) is 18.5 Å². The maximum absolute atomic E-state index is 12.5. The number of hydrogen-bond donors (Lipinski definition) is 3. The zero-order chi connectivity index (χ0) is 49.3.